The maximum Gasteiger partial charge on any atom is 0.194 e. The monoisotopic (exact) mass is 294 g/mol. The van der Waals surface area contributed by atoms with E-state index in [2.05, 4.69) is 10.3 Å². The maximum absolute atomic E-state index is 14.0. The number of nitrogens with zero attached hydrogens (tertiary/aromatic N) is 1. The van der Waals surface area contributed by atoms with Gasteiger partial charge in [-0.1, -0.05) is 19.1 Å². The Labute approximate surface area is 122 Å². The summed E-state index contributed by atoms with van der Waals surface area (Å²) in [5, 5.41) is 3.16. The van der Waals surface area contributed by atoms with E-state index in [4.69, 9.17) is 0 Å². The molecule has 0 bridgehead atoms. The van der Waals surface area contributed by atoms with Crippen molar-refractivity contribution in [2.24, 2.45) is 0 Å². The van der Waals surface area contributed by atoms with Crippen molar-refractivity contribution in [2.45, 2.75) is 25.8 Å². The Morgan fingerprint density at radius 2 is 1.95 bits per heavy atom. The summed E-state index contributed by atoms with van der Waals surface area (Å²) in [5.74, 6) is -3.73. The number of hydrogen-bond donors (Lipinski definition) is 1. The molecular weight excluding hydrogens is 277 g/mol. The fraction of sp³-hybridized carbons (Fsp3) is 0.312. The second kappa shape index (κ2) is 7.22. The zero-order valence-electron chi connectivity index (χ0n) is 11.7. The minimum Gasteiger partial charge on any atom is -0.310 e. The van der Waals surface area contributed by atoms with Gasteiger partial charge in [0.05, 0.1) is 0 Å². The van der Waals surface area contributed by atoms with E-state index in [1.807, 2.05) is 13.0 Å². The molecule has 5 heteroatoms. The molecule has 2 nitrogen and oxygen atoms in total. The first-order valence-corrected chi connectivity index (χ1v) is 6.89. The van der Waals surface area contributed by atoms with Crippen molar-refractivity contribution >= 4 is 0 Å². The highest BCUT2D eigenvalue weighted by atomic mass is 19.2. The van der Waals surface area contributed by atoms with Crippen molar-refractivity contribution in [3.63, 3.8) is 0 Å². The van der Waals surface area contributed by atoms with Crippen molar-refractivity contribution in [1.82, 2.24) is 10.3 Å². The lowest BCUT2D eigenvalue weighted by atomic mass is 9.98. The van der Waals surface area contributed by atoms with Crippen molar-refractivity contribution in [3.8, 4) is 0 Å². The van der Waals surface area contributed by atoms with Crippen LogP contribution in [0, 0.1) is 17.5 Å². The molecule has 0 aliphatic carbocycles. The number of halogens is 3. The summed E-state index contributed by atoms with van der Waals surface area (Å²) in [5.41, 5.74) is 1.03. The lowest BCUT2D eigenvalue weighted by molar-refractivity contribution is 0.423. The van der Waals surface area contributed by atoms with Crippen molar-refractivity contribution in [2.75, 3.05) is 6.54 Å². The van der Waals surface area contributed by atoms with E-state index in [1.165, 1.54) is 6.07 Å². The predicted molar refractivity (Wildman–Crippen MR) is 75.3 cm³/mol. The Morgan fingerprint density at radius 3 is 2.62 bits per heavy atom. The topological polar surface area (TPSA) is 24.9 Å². The van der Waals surface area contributed by atoms with Crippen LogP contribution >= 0.6 is 0 Å². The average Bonchev–Trinajstić information content (AvgIpc) is 2.51. The van der Waals surface area contributed by atoms with Gasteiger partial charge in [-0.15, -0.1) is 0 Å². The molecule has 112 valence electrons. The van der Waals surface area contributed by atoms with E-state index in [0.717, 1.165) is 18.1 Å². The highest BCUT2D eigenvalue weighted by molar-refractivity contribution is 5.26. The van der Waals surface area contributed by atoms with Crippen molar-refractivity contribution in [3.05, 3.63) is 65.2 Å². The van der Waals surface area contributed by atoms with Crippen LogP contribution in [0.5, 0.6) is 0 Å². The van der Waals surface area contributed by atoms with Crippen LogP contribution in [0.1, 0.15) is 30.5 Å². The molecular formula is C16H17F3N2. The average molecular weight is 294 g/mol. The number of hydrogen-bond acceptors (Lipinski definition) is 2. The predicted octanol–water partition coefficient (Wildman–Crippen LogP) is 3.78. The van der Waals surface area contributed by atoms with Gasteiger partial charge in [0.15, 0.2) is 17.5 Å². The van der Waals surface area contributed by atoms with Crippen molar-refractivity contribution < 1.29 is 13.2 Å². The molecule has 0 fully saturated rings. The van der Waals surface area contributed by atoms with Crippen LogP contribution in [0.4, 0.5) is 13.2 Å². The van der Waals surface area contributed by atoms with Crippen LogP contribution in [-0.2, 0) is 6.42 Å². The Morgan fingerprint density at radius 1 is 1.14 bits per heavy atom. The summed E-state index contributed by atoms with van der Waals surface area (Å²) in [6, 6.07) is 5.47. The second-order valence-corrected chi connectivity index (χ2v) is 4.84. The molecule has 0 aliphatic heterocycles. The zero-order chi connectivity index (χ0) is 15.2. The van der Waals surface area contributed by atoms with E-state index in [0.29, 0.717) is 13.0 Å². The molecule has 0 amide bonds. The van der Waals surface area contributed by atoms with Crippen LogP contribution in [-0.4, -0.2) is 11.5 Å². The summed E-state index contributed by atoms with van der Waals surface area (Å²) < 4.78 is 40.5. The van der Waals surface area contributed by atoms with E-state index in [1.54, 1.807) is 18.5 Å². The van der Waals surface area contributed by atoms with Crippen LogP contribution in [0.15, 0.2) is 36.7 Å². The summed E-state index contributed by atoms with van der Waals surface area (Å²) in [4.78, 5) is 4.01. The van der Waals surface area contributed by atoms with Crippen LogP contribution in [0.2, 0.25) is 0 Å². The van der Waals surface area contributed by atoms with Gasteiger partial charge >= 0.3 is 0 Å². The van der Waals surface area contributed by atoms with Gasteiger partial charge in [0.25, 0.3) is 0 Å². The van der Waals surface area contributed by atoms with Gasteiger partial charge in [-0.3, -0.25) is 4.98 Å². The largest absolute Gasteiger partial charge is 0.310 e. The number of aromatic nitrogens is 1. The van der Waals surface area contributed by atoms with E-state index < -0.39 is 23.5 Å². The molecule has 1 aromatic heterocycles. The normalized spacial score (nSPS) is 12.4. The van der Waals surface area contributed by atoms with Gasteiger partial charge in [-0.05, 0) is 37.1 Å². The van der Waals surface area contributed by atoms with E-state index in [-0.39, 0.29) is 5.56 Å². The van der Waals surface area contributed by atoms with Crippen LogP contribution in [0.25, 0.3) is 0 Å². The van der Waals surface area contributed by atoms with E-state index >= 15 is 0 Å². The molecule has 1 unspecified atom stereocenters. The molecule has 0 aliphatic rings. The molecule has 0 saturated carbocycles. The zero-order valence-corrected chi connectivity index (χ0v) is 11.7. The molecule has 2 rings (SSSR count). The Kier molecular flexibility index (Phi) is 5.33. The third-order valence-electron chi connectivity index (χ3n) is 3.24. The minimum atomic E-state index is -1.43. The fourth-order valence-electron chi connectivity index (χ4n) is 2.18. The Bertz CT molecular complexity index is 588. The number of pyridine rings is 1. The third kappa shape index (κ3) is 3.82. The minimum absolute atomic E-state index is 0.131. The summed E-state index contributed by atoms with van der Waals surface area (Å²) in [6.07, 6.45) is 4.64. The molecule has 1 aromatic carbocycles. The van der Waals surface area contributed by atoms with Crippen LogP contribution in [0.3, 0.4) is 0 Å². The molecule has 0 saturated heterocycles. The lowest BCUT2D eigenvalue weighted by Gasteiger charge is -2.20. The van der Waals surface area contributed by atoms with Gasteiger partial charge in [-0.2, -0.15) is 0 Å². The molecule has 2 aromatic rings. The van der Waals surface area contributed by atoms with Crippen LogP contribution < -0.4 is 5.32 Å². The fourth-order valence-corrected chi connectivity index (χ4v) is 2.18. The molecule has 0 radical (unpaired) electrons. The quantitative estimate of drug-likeness (QED) is 0.820. The first-order chi connectivity index (χ1) is 10.1. The van der Waals surface area contributed by atoms with Gasteiger partial charge in [0.2, 0.25) is 0 Å². The first kappa shape index (κ1) is 15.5. The highest BCUT2D eigenvalue weighted by Crippen LogP contribution is 2.24. The number of nitrogens with one attached hydrogen (secondary N) is 1. The SMILES string of the molecule is CCCNC(Cc1cccnc1)c1ccc(F)c(F)c1F. The lowest BCUT2D eigenvalue weighted by Crippen LogP contribution is -2.25. The first-order valence-electron chi connectivity index (χ1n) is 6.89. The smallest absolute Gasteiger partial charge is 0.194 e. The molecule has 21 heavy (non-hydrogen) atoms. The molecule has 1 N–H and O–H groups in total. The summed E-state index contributed by atoms with van der Waals surface area (Å²) in [6.45, 7) is 2.64. The van der Waals surface area contributed by atoms with E-state index in [9.17, 15) is 13.2 Å². The Balaban J connectivity index is 2.29. The number of rotatable bonds is 6. The third-order valence-corrected chi connectivity index (χ3v) is 3.24. The standard InChI is InChI=1S/C16H17F3N2/c1-2-7-21-14(9-11-4-3-8-20-10-11)12-5-6-13(17)16(19)15(12)18/h3-6,8,10,14,21H,2,7,9H2,1H3. The molecule has 0 spiro atoms. The second-order valence-electron chi connectivity index (χ2n) is 4.84. The summed E-state index contributed by atoms with van der Waals surface area (Å²) in [7, 11) is 0. The molecule has 1 heterocycles. The van der Waals surface area contributed by atoms with Crippen molar-refractivity contribution in [1.29, 1.82) is 0 Å². The Hall–Kier alpha value is -1.88. The number of benzene rings is 1. The van der Waals surface area contributed by atoms with Gasteiger partial charge in [-0.25, -0.2) is 13.2 Å². The highest BCUT2D eigenvalue weighted by Gasteiger charge is 2.20. The van der Waals surface area contributed by atoms with Gasteiger partial charge in [0.1, 0.15) is 0 Å². The maximum atomic E-state index is 14.0. The van der Waals surface area contributed by atoms with Gasteiger partial charge < -0.3 is 5.32 Å². The van der Waals surface area contributed by atoms with Gasteiger partial charge in [0, 0.05) is 24.0 Å². The molecule has 1 atom stereocenters. The summed E-state index contributed by atoms with van der Waals surface area (Å²) >= 11 is 0.